The van der Waals surface area contributed by atoms with Gasteiger partial charge in [0, 0.05) is 20.9 Å². The van der Waals surface area contributed by atoms with Crippen LogP contribution in [0.1, 0.15) is 0 Å². The molecule has 0 aliphatic heterocycles. The molecule has 0 atom stereocenters. The first-order chi connectivity index (χ1) is 15.8. The molecule has 0 saturated heterocycles. The zero-order valence-corrected chi connectivity index (χ0v) is 19.0. The molecular weight excluding hydrogens is 454 g/mol. The van der Waals surface area contributed by atoms with Crippen LogP contribution in [0.25, 0.3) is 49.7 Å². The molecule has 1 aromatic heterocycles. The lowest BCUT2D eigenvalue weighted by molar-refractivity contribution is 1.18. The van der Waals surface area contributed by atoms with E-state index in [0.29, 0.717) is 0 Å². The smallest absolute Gasteiger partial charge is 0.0541 e. The van der Waals surface area contributed by atoms with Crippen LogP contribution in [-0.2, 0) is 0 Å². The average molecular weight is 474 g/mol. The van der Waals surface area contributed by atoms with Crippen molar-refractivity contribution in [3.63, 3.8) is 0 Å². The largest absolute Gasteiger partial charge is 0.309 e. The van der Waals surface area contributed by atoms with E-state index in [0.717, 1.165) is 4.47 Å². The van der Waals surface area contributed by atoms with Gasteiger partial charge in [-0.2, -0.15) is 0 Å². The monoisotopic (exact) mass is 473 g/mol. The SMILES string of the molecule is Brc1ccc(-c2ccc(-c3cccc(-n4c5ccccc5c5ccccc54)c3)cc2)cc1. The van der Waals surface area contributed by atoms with E-state index in [1.54, 1.807) is 0 Å². The lowest BCUT2D eigenvalue weighted by atomic mass is 10.00. The number of aromatic nitrogens is 1. The van der Waals surface area contributed by atoms with Crippen LogP contribution in [0.2, 0.25) is 0 Å². The number of hydrogen-bond donors (Lipinski definition) is 0. The van der Waals surface area contributed by atoms with Gasteiger partial charge in [0.05, 0.1) is 11.0 Å². The van der Waals surface area contributed by atoms with Crippen molar-refractivity contribution in [2.24, 2.45) is 0 Å². The molecule has 0 bridgehead atoms. The number of benzene rings is 5. The number of halogens is 1. The predicted molar refractivity (Wildman–Crippen MR) is 139 cm³/mol. The van der Waals surface area contributed by atoms with Crippen LogP contribution < -0.4 is 0 Å². The molecule has 6 rings (SSSR count). The van der Waals surface area contributed by atoms with Crippen molar-refractivity contribution in [3.8, 4) is 27.9 Å². The first-order valence-corrected chi connectivity index (χ1v) is 11.5. The Labute approximate surface area is 195 Å². The maximum atomic E-state index is 3.51. The third-order valence-corrected chi connectivity index (χ3v) is 6.61. The summed E-state index contributed by atoms with van der Waals surface area (Å²) in [5.41, 5.74) is 8.52. The Morgan fingerprint density at radius 1 is 0.438 bits per heavy atom. The Kier molecular flexibility index (Phi) is 4.66. The first kappa shape index (κ1) is 19.1. The van der Waals surface area contributed by atoms with Crippen molar-refractivity contribution in [3.05, 3.63) is 126 Å². The molecular formula is C30H20BrN. The molecule has 6 aromatic rings. The summed E-state index contributed by atoms with van der Waals surface area (Å²) in [5, 5.41) is 2.57. The van der Waals surface area contributed by atoms with Gasteiger partial charge in [0.25, 0.3) is 0 Å². The highest BCUT2D eigenvalue weighted by molar-refractivity contribution is 9.10. The molecule has 0 aliphatic carbocycles. The standard InChI is InChI=1S/C30H20BrN/c31-25-18-16-22(17-19-25)21-12-14-23(15-13-21)24-6-5-7-26(20-24)32-29-10-3-1-8-27(29)28-9-2-4-11-30(28)32/h1-20H. The quantitative estimate of drug-likeness (QED) is 0.241. The zero-order chi connectivity index (χ0) is 21.5. The molecule has 0 radical (unpaired) electrons. The number of fused-ring (bicyclic) bond motifs is 3. The molecule has 0 amide bonds. The van der Waals surface area contributed by atoms with E-state index in [1.165, 1.54) is 49.7 Å². The fourth-order valence-corrected chi connectivity index (χ4v) is 4.79. The second kappa shape index (κ2) is 7.81. The molecule has 0 N–H and O–H groups in total. The molecule has 152 valence electrons. The van der Waals surface area contributed by atoms with E-state index in [9.17, 15) is 0 Å². The summed E-state index contributed by atoms with van der Waals surface area (Å²) in [6, 6.07) is 43.4. The minimum Gasteiger partial charge on any atom is -0.309 e. The van der Waals surface area contributed by atoms with Gasteiger partial charge in [0.15, 0.2) is 0 Å². The van der Waals surface area contributed by atoms with Crippen molar-refractivity contribution in [2.45, 2.75) is 0 Å². The van der Waals surface area contributed by atoms with E-state index >= 15 is 0 Å². The summed E-state index contributed by atoms with van der Waals surface area (Å²) >= 11 is 3.51. The molecule has 0 unspecified atom stereocenters. The summed E-state index contributed by atoms with van der Waals surface area (Å²) in [4.78, 5) is 0. The Morgan fingerprint density at radius 3 is 1.53 bits per heavy atom. The summed E-state index contributed by atoms with van der Waals surface area (Å²) in [7, 11) is 0. The molecule has 0 spiro atoms. The van der Waals surface area contributed by atoms with Crippen molar-refractivity contribution in [1.29, 1.82) is 0 Å². The molecule has 1 heterocycles. The second-order valence-electron chi connectivity index (χ2n) is 8.00. The van der Waals surface area contributed by atoms with E-state index < -0.39 is 0 Å². The van der Waals surface area contributed by atoms with Crippen molar-refractivity contribution >= 4 is 37.7 Å². The molecule has 0 aliphatic rings. The van der Waals surface area contributed by atoms with Gasteiger partial charge in [0.2, 0.25) is 0 Å². The number of nitrogens with zero attached hydrogens (tertiary/aromatic N) is 1. The van der Waals surface area contributed by atoms with E-state index in [4.69, 9.17) is 0 Å². The zero-order valence-electron chi connectivity index (χ0n) is 17.4. The molecule has 1 nitrogen and oxygen atoms in total. The molecule has 32 heavy (non-hydrogen) atoms. The van der Waals surface area contributed by atoms with Crippen molar-refractivity contribution < 1.29 is 0 Å². The van der Waals surface area contributed by atoms with Crippen LogP contribution in [0.15, 0.2) is 126 Å². The predicted octanol–water partition coefficient (Wildman–Crippen LogP) is 8.88. The van der Waals surface area contributed by atoms with Crippen LogP contribution in [0.4, 0.5) is 0 Å². The minimum atomic E-state index is 1.10. The molecule has 2 heteroatoms. The van der Waals surface area contributed by atoms with Gasteiger partial charge in [-0.3, -0.25) is 0 Å². The maximum absolute atomic E-state index is 3.51. The summed E-state index contributed by atoms with van der Waals surface area (Å²) in [5.74, 6) is 0. The average Bonchev–Trinajstić information content (AvgIpc) is 3.19. The van der Waals surface area contributed by atoms with Gasteiger partial charge in [-0.15, -0.1) is 0 Å². The third kappa shape index (κ3) is 3.24. The van der Waals surface area contributed by atoms with Gasteiger partial charge in [-0.1, -0.05) is 101 Å². The Bertz CT molecular complexity index is 1500. The number of para-hydroxylation sites is 2. The molecule has 0 saturated carbocycles. The van der Waals surface area contributed by atoms with Gasteiger partial charge >= 0.3 is 0 Å². The van der Waals surface area contributed by atoms with E-state index in [1.807, 2.05) is 0 Å². The minimum absolute atomic E-state index is 1.10. The van der Waals surface area contributed by atoms with Gasteiger partial charge in [-0.05, 0) is 58.7 Å². The normalized spacial score (nSPS) is 11.3. The number of hydrogen-bond acceptors (Lipinski definition) is 0. The van der Waals surface area contributed by atoms with Crippen LogP contribution in [0, 0.1) is 0 Å². The van der Waals surface area contributed by atoms with E-state index in [2.05, 4.69) is 142 Å². The van der Waals surface area contributed by atoms with Gasteiger partial charge in [-0.25, -0.2) is 0 Å². The highest BCUT2D eigenvalue weighted by Gasteiger charge is 2.12. The van der Waals surface area contributed by atoms with Crippen LogP contribution in [0.3, 0.4) is 0 Å². The molecule has 5 aromatic carbocycles. The maximum Gasteiger partial charge on any atom is 0.0541 e. The second-order valence-corrected chi connectivity index (χ2v) is 8.92. The first-order valence-electron chi connectivity index (χ1n) is 10.7. The Morgan fingerprint density at radius 2 is 0.938 bits per heavy atom. The van der Waals surface area contributed by atoms with Crippen molar-refractivity contribution in [1.82, 2.24) is 4.57 Å². The lowest BCUT2D eigenvalue weighted by Crippen LogP contribution is -1.94. The van der Waals surface area contributed by atoms with Crippen LogP contribution in [0.5, 0.6) is 0 Å². The van der Waals surface area contributed by atoms with Crippen LogP contribution in [-0.4, -0.2) is 4.57 Å². The van der Waals surface area contributed by atoms with Crippen LogP contribution >= 0.6 is 15.9 Å². The summed E-state index contributed by atoms with van der Waals surface area (Å²) < 4.78 is 3.46. The lowest BCUT2D eigenvalue weighted by Gasteiger charge is -2.11. The highest BCUT2D eigenvalue weighted by Crippen LogP contribution is 2.33. The Hall–Kier alpha value is -3.62. The van der Waals surface area contributed by atoms with Gasteiger partial charge in [0.1, 0.15) is 0 Å². The topological polar surface area (TPSA) is 4.93 Å². The molecule has 0 fully saturated rings. The fourth-order valence-electron chi connectivity index (χ4n) is 4.52. The van der Waals surface area contributed by atoms with Crippen molar-refractivity contribution in [2.75, 3.05) is 0 Å². The van der Waals surface area contributed by atoms with Gasteiger partial charge < -0.3 is 4.57 Å². The fraction of sp³-hybridized carbons (Fsp3) is 0. The summed E-state index contributed by atoms with van der Waals surface area (Å²) in [6.45, 7) is 0. The summed E-state index contributed by atoms with van der Waals surface area (Å²) in [6.07, 6.45) is 0. The highest BCUT2D eigenvalue weighted by atomic mass is 79.9. The number of rotatable bonds is 3. The third-order valence-electron chi connectivity index (χ3n) is 6.08. The van der Waals surface area contributed by atoms with E-state index in [-0.39, 0.29) is 0 Å². The Balaban J connectivity index is 1.45.